The molecule has 0 radical (unpaired) electrons. The highest BCUT2D eigenvalue weighted by Gasteiger charge is 2.25. The van der Waals surface area contributed by atoms with Crippen molar-refractivity contribution in [3.8, 4) is 6.07 Å². The number of nitriles is 1. The number of nitrogens with zero attached hydrogens (tertiary/aromatic N) is 3. The molecule has 1 aromatic heterocycles. The van der Waals surface area contributed by atoms with Crippen LogP contribution in [0.25, 0.3) is 10.8 Å². The van der Waals surface area contributed by atoms with E-state index in [1.54, 1.807) is 4.90 Å². The zero-order valence-corrected chi connectivity index (χ0v) is 12.2. The normalized spacial score (nSPS) is 18.5. The number of aromatic nitrogens is 1. The zero-order valence-electron chi connectivity index (χ0n) is 11.4. The van der Waals surface area contributed by atoms with Gasteiger partial charge < -0.3 is 4.90 Å². The average molecular weight is 300 g/mol. The predicted molar refractivity (Wildman–Crippen MR) is 81.0 cm³/mol. The van der Waals surface area contributed by atoms with Gasteiger partial charge in [0, 0.05) is 24.7 Å². The molecule has 1 fully saturated rings. The fourth-order valence-corrected chi connectivity index (χ4v) is 2.98. The van der Waals surface area contributed by atoms with Crippen molar-refractivity contribution in [1.29, 1.82) is 5.26 Å². The van der Waals surface area contributed by atoms with E-state index >= 15 is 0 Å². The molecule has 1 aliphatic heterocycles. The van der Waals surface area contributed by atoms with E-state index in [0.717, 1.165) is 23.6 Å². The highest BCUT2D eigenvalue weighted by Crippen LogP contribution is 2.26. The van der Waals surface area contributed by atoms with Gasteiger partial charge in [-0.3, -0.25) is 4.79 Å². The van der Waals surface area contributed by atoms with Crippen molar-refractivity contribution >= 4 is 28.3 Å². The molecule has 21 heavy (non-hydrogen) atoms. The van der Waals surface area contributed by atoms with Gasteiger partial charge >= 0.3 is 0 Å². The first kappa shape index (κ1) is 13.8. The number of halogens is 1. The van der Waals surface area contributed by atoms with Crippen LogP contribution in [0.15, 0.2) is 30.5 Å². The molecule has 1 amide bonds. The molecule has 0 spiro atoms. The van der Waals surface area contributed by atoms with E-state index in [1.165, 1.54) is 6.20 Å². The van der Waals surface area contributed by atoms with Gasteiger partial charge in [-0.05, 0) is 18.2 Å². The number of fused-ring (bicyclic) bond motifs is 1. The summed E-state index contributed by atoms with van der Waals surface area (Å²) in [6, 6.07) is 9.74. The maximum Gasteiger partial charge on any atom is 0.256 e. The summed E-state index contributed by atoms with van der Waals surface area (Å²) in [7, 11) is 0. The Labute approximate surface area is 127 Å². The molecule has 0 aliphatic carbocycles. The fraction of sp³-hybridized carbons (Fsp3) is 0.312. The largest absolute Gasteiger partial charge is 0.337 e. The van der Waals surface area contributed by atoms with Gasteiger partial charge in [-0.25, -0.2) is 4.98 Å². The molecule has 1 unspecified atom stereocenters. The van der Waals surface area contributed by atoms with Crippen LogP contribution in [0.1, 0.15) is 23.2 Å². The summed E-state index contributed by atoms with van der Waals surface area (Å²) in [5.74, 6) is -0.149. The molecule has 5 heteroatoms. The van der Waals surface area contributed by atoms with E-state index in [9.17, 15) is 4.79 Å². The van der Waals surface area contributed by atoms with E-state index in [-0.39, 0.29) is 11.8 Å². The Hall–Kier alpha value is -2.12. The molecule has 4 nitrogen and oxygen atoms in total. The van der Waals surface area contributed by atoms with Crippen LogP contribution in [0, 0.1) is 17.2 Å². The lowest BCUT2D eigenvalue weighted by Crippen LogP contribution is -2.39. The number of rotatable bonds is 1. The van der Waals surface area contributed by atoms with Gasteiger partial charge in [-0.1, -0.05) is 35.9 Å². The molecule has 0 saturated carbocycles. The van der Waals surface area contributed by atoms with Crippen LogP contribution in [0.2, 0.25) is 5.15 Å². The number of piperidine rings is 1. The maximum absolute atomic E-state index is 12.7. The zero-order chi connectivity index (χ0) is 14.8. The lowest BCUT2D eigenvalue weighted by molar-refractivity contribution is 0.0700. The summed E-state index contributed by atoms with van der Waals surface area (Å²) in [4.78, 5) is 18.6. The molecule has 2 heterocycles. The molecular weight excluding hydrogens is 286 g/mol. The van der Waals surface area contributed by atoms with Crippen molar-refractivity contribution < 1.29 is 4.79 Å². The van der Waals surface area contributed by atoms with Crippen molar-refractivity contribution in [3.05, 3.63) is 41.2 Å². The number of benzene rings is 1. The monoisotopic (exact) mass is 299 g/mol. The molecule has 0 N–H and O–H groups in total. The van der Waals surface area contributed by atoms with Gasteiger partial charge in [0.05, 0.1) is 17.6 Å². The Morgan fingerprint density at radius 2 is 2.14 bits per heavy atom. The minimum atomic E-state index is -0.0748. The fourth-order valence-electron chi connectivity index (χ4n) is 2.77. The molecule has 1 atom stereocenters. The van der Waals surface area contributed by atoms with Crippen LogP contribution in [0.3, 0.4) is 0 Å². The number of carbonyl (C=O) groups excluding carboxylic acids is 1. The molecule has 106 valence electrons. The SMILES string of the molecule is N#CC1CCCN(C(=O)c2cnc(Cl)c3ccccc23)C1. The number of carbonyl (C=O) groups is 1. The number of hydrogen-bond acceptors (Lipinski definition) is 3. The third-order valence-electron chi connectivity index (χ3n) is 3.87. The first-order valence-corrected chi connectivity index (χ1v) is 7.30. The van der Waals surface area contributed by atoms with Crippen molar-refractivity contribution in [2.45, 2.75) is 12.8 Å². The van der Waals surface area contributed by atoms with Gasteiger partial charge in [0.25, 0.3) is 5.91 Å². The third-order valence-corrected chi connectivity index (χ3v) is 4.17. The lowest BCUT2D eigenvalue weighted by Gasteiger charge is -2.29. The second-order valence-corrected chi connectivity index (χ2v) is 5.59. The minimum absolute atomic E-state index is 0.0738. The van der Waals surface area contributed by atoms with Gasteiger partial charge in [-0.2, -0.15) is 5.26 Å². The molecule has 1 aromatic carbocycles. The Bertz CT molecular complexity index is 738. The van der Waals surface area contributed by atoms with Crippen LogP contribution >= 0.6 is 11.6 Å². The Kier molecular flexibility index (Phi) is 3.76. The first-order chi connectivity index (χ1) is 10.2. The predicted octanol–water partition coefficient (Wildman–Crippen LogP) is 3.26. The Balaban J connectivity index is 1.99. The van der Waals surface area contributed by atoms with Crippen LogP contribution in [0.5, 0.6) is 0 Å². The maximum atomic E-state index is 12.7. The van der Waals surface area contributed by atoms with E-state index in [1.807, 2.05) is 24.3 Å². The molecule has 1 saturated heterocycles. The molecule has 2 aromatic rings. The van der Waals surface area contributed by atoms with E-state index < -0.39 is 0 Å². The van der Waals surface area contributed by atoms with E-state index in [4.69, 9.17) is 16.9 Å². The smallest absolute Gasteiger partial charge is 0.256 e. The molecular formula is C16H14ClN3O. The second-order valence-electron chi connectivity index (χ2n) is 5.23. The first-order valence-electron chi connectivity index (χ1n) is 6.93. The molecule has 3 rings (SSSR count). The topological polar surface area (TPSA) is 57.0 Å². The number of amides is 1. The summed E-state index contributed by atoms with van der Waals surface area (Å²) < 4.78 is 0. The van der Waals surface area contributed by atoms with Gasteiger partial charge in [0.1, 0.15) is 5.15 Å². The standard InChI is InChI=1S/C16H14ClN3O/c17-15-13-6-2-1-5-12(13)14(9-19-15)16(21)20-7-3-4-11(8-18)10-20/h1-2,5-6,9,11H,3-4,7,10H2. The van der Waals surface area contributed by atoms with Crippen LogP contribution in [-0.4, -0.2) is 28.9 Å². The minimum Gasteiger partial charge on any atom is -0.337 e. The summed E-state index contributed by atoms with van der Waals surface area (Å²) in [6.45, 7) is 1.18. The van der Waals surface area contributed by atoms with Gasteiger partial charge in [0.2, 0.25) is 0 Å². The summed E-state index contributed by atoms with van der Waals surface area (Å²) in [6.07, 6.45) is 3.26. The quantitative estimate of drug-likeness (QED) is 0.759. The molecule has 0 bridgehead atoms. The summed E-state index contributed by atoms with van der Waals surface area (Å²) in [5, 5.41) is 11.0. The van der Waals surface area contributed by atoms with Gasteiger partial charge in [0.15, 0.2) is 0 Å². The van der Waals surface area contributed by atoms with Gasteiger partial charge in [-0.15, -0.1) is 0 Å². The third kappa shape index (κ3) is 2.57. The van der Waals surface area contributed by atoms with Crippen molar-refractivity contribution in [3.63, 3.8) is 0 Å². The number of hydrogen-bond donors (Lipinski definition) is 0. The van der Waals surface area contributed by atoms with Crippen molar-refractivity contribution in [1.82, 2.24) is 9.88 Å². The molecule has 1 aliphatic rings. The lowest BCUT2D eigenvalue weighted by atomic mass is 9.98. The van der Waals surface area contributed by atoms with Crippen LogP contribution < -0.4 is 0 Å². The summed E-state index contributed by atoms with van der Waals surface area (Å²) in [5.41, 5.74) is 0.550. The number of likely N-dealkylation sites (tertiary alicyclic amines) is 1. The number of pyridine rings is 1. The second kappa shape index (κ2) is 5.71. The Morgan fingerprint density at radius 1 is 1.38 bits per heavy atom. The van der Waals surface area contributed by atoms with Crippen molar-refractivity contribution in [2.75, 3.05) is 13.1 Å². The summed E-state index contributed by atoms with van der Waals surface area (Å²) >= 11 is 6.09. The van der Waals surface area contributed by atoms with E-state index in [2.05, 4.69) is 11.1 Å². The Morgan fingerprint density at radius 3 is 2.90 bits per heavy atom. The highest BCUT2D eigenvalue weighted by atomic mass is 35.5. The van der Waals surface area contributed by atoms with E-state index in [0.29, 0.717) is 23.8 Å². The van der Waals surface area contributed by atoms with Crippen LogP contribution in [0.4, 0.5) is 0 Å². The average Bonchev–Trinajstić information content (AvgIpc) is 2.55. The van der Waals surface area contributed by atoms with Crippen molar-refractivity contribution in [2.24, 2.45) is 5.92 Å². The highest BCUT2D eigenvalue weighted by molar-refractivity contribution is 6.34. The van der Waals surface area contributed by atoms with Crippen LogP contribution in [-0.2, 0) is 0 Å².